The fraction of sp³-hybridized carbons (Fsp3) is 0.471. The number of hydrogen-bond acceptors (Lipinski definition) is 3. The van der Waals surface area contributed by atoms with Gasteiger partial charge in [0.05, 0.1) is 11.1 Å². The van der Waals surface area contributed by atoms with Crippen molar-refractivity contribution in [2.45, 2.75) is 48.4 Å². The molecule has 4 heteroatoms. The van der Waals surface area contributed by atoms with E-state index >= 15 is 0 Å². The molecule has 2 N–H and O–H groups in total. The zero-order chi connectivity index (χ0) is 14.7. The Kier molecular flexibility index (Phi) is 4.23. The second-order valence-electron chi connectivity index (χ2n) is 5.82. The van der Waals surface area contributed by atoms with Gasteiger partial charge in [0.1, 0.15) is 5.54 Å². The van der Waals surface area contributed by atoms with E-state index in [0.717, 1.165) is 32.2 Å². The molecule has 2 atom stereocenters. The summed E-state index contributed by atoms with van der Waals surface area (Å²) in [7, 11) is 0. The average Bonchev–Trinajstić information content (AvgIpc) is 3.09. The lowest BCUT2D eigenvalue weighted by atomic mass is 10.00. The van der Waals surface area contributed by atoms with E-state index in [-0.39, 0.29) is 5.54 Å². The fourth-order valence-corrected chi connectivity index (χ4v) is 4.38. The van der Waals surface area contributed by atoms with Crippen molar-refractivity contribution in [2.24, 2.45) is 0 Å². The van der Waals surface area contributed by atoms with Gasteiger partial charge in [-0.15, -0.1) is 11.8 Å². The van der Waals surface area contributed by atoms with Gasteiger partial charge in [-0.1, -0.05) is 25.1 Å². The predicted molar refractivity (Wildman–Crippen MR) is 88.4 cm³/mol. The van der Waals surface area contributed by atoms with Crippen molar-refractivity contribution in [3.05, 3.63) is 30.3 Å². The number of H-pyrrole nitrogens is 1. The molecule has 1 aromatic carbocycles. The molecule has 1 heterocycles. The normalized spacial score (nSPS) is 25.2. The lowest BCUT2D eigenvalue weighted by Crippen LogP contribution is -2.42. The summed E-state index contributed by atoms with van der Waals surface area (Å²) in [6.45, 7) is 3.07. The molecule has 1 aliphatic rings. The van der Waals surface area contributed by atoms with Crippen molar-refractivity contribution in [3.63, 3.8) is 0 Å². The maximum atomic E-state index is 9.51. The first kappa shape index (κ1) is 14.5. The summed E-state index contributed by atoms with van der Waals surface area (Å²) in [6, 6.07) is 13.1. The van der Waals surface area contributed by atoms with Crippen molar-refractivity contribution in [1.29, 1.82) is 5.26 Å². The third kappa shape index (κ3) is 3.09. The van der Waals surface area contributed by atoms with Crippen LogP contribution >= 0.6 is 11.8 Å². The van der Waals surface area contributed by atoms with E-state index in [4.69, 9.17) is 0 Å². The Labute approximate surface area is 130 Å². The minimum absolute atomic E-state index is 0.306. The number of thioether (sulfide) groups is 1. The Morgan fingerprint density at radius 3 is 3.10 bits per heavy atom. The molecule has 1 aromatic heterocycles. The molecule has 0 saturated heterocycles. The molecular formula is C17H21N3S. The maximum absolute atomic E-state index is 9.51. The van der Waals surface area contributed by atoms with E-state index in [0.29, 0.717) is 5.25 Å². The summed E-state index contributed by atoms with van der Waals surface area (Å²) in [6.07, 6.45) is 4.07. The molecule has 3 nitrogen and oxygen atoms in total. The third-order valence-corrected chi connectivity index (χ3v) is 5.41. The highest BCUT2D eigenvalue weighted by molar-refractivity contribution is 7.99. The highest BCUT2D eigenvalue weighted by Crippen LogP contribution is 2.40. The largest absolute Gasteiger partial charge is 0.350 e. The van der Waals surface area contributed by atoms with Crippen molar-refractivity contribution in [3.8, 4) is 6.07 Å². The van der Waals surface area contributed by atoms with Crippen molar-refractivity contribution in [2.75, 3.05) is 6.54 Å². The summed E-state index contributed by atoms with van der Waals surface area (Å²) >= 11 is 1.88. The summed E-state index contributed by atoms with van der Waals surface area (Å²) in [5.41, 5.74) is 0.883. The van der Waals surface area contributed by atoms with E-state index in [1.165, 1.54) is 15.9 Å². The quantitative estimate of drug-likeness (QED) is 0.875. The van der Waals surface area contributed by atoms with Crippen LogP contribution in [0.15, 0.2) is 35.4 Å². The Balaban J connectivity index is 1.67. The Morgan fingerprint density at radius 1 is 1.48 bits per heavy atom. The molecule has 1 fully saturated rings. The van der Waals surface area contributed by atoms with Gasteiger partial charge < -0.3 is 4.98 Å². The molecule has 0 spiro atoms. The molecule has 3 rings (SSSR count). The van der Waals surface area contributed by atoms with Crippen LogP contribution in [0.5, 0.6) is 0 Å². The molecule has 110 valence electrons. The SMILES string of the molecule is CCCNC1(C#N)CCC(Sc2cc3ccccc3[nH]2)C1. The zero-order valence-corrected chi connectivity index (χ0v) is 13.2. The van der Waals surface area contributed by atoms with Gasteiger partial charge in [-0.3, -0.25) is 5.32 Å². The van der Waals surface area contributed by atoms with Gasteiger partial charge in [0.25, 0.3) is 0 Å². The van der Waals surface area contributed by atoms with Crippen LogP contribution in [-0.2, 0) is 0 Å². The maximum Gasteiger partial charge on any atom is 0.107 e. The van der Waals surface area contributed by atoms with Gasteiger partial charge in [0, 0.05) is 16.2 Å². The van der Waals surface area contributed by atoms with Crippen LogP contribution in [0.25, 0.3) is 10.9 Å². The zero-order valence-electron chi connectivity index (χ0n) is 12.4. The van der Waals surface area contributed by atoms with E-state index < -0.39 is 0 Å². The highest BCUT2D eigenvalue weighted by atomic mass is 32.2. The standard InChI is InChI=1S/C17H21N3S/c1-2-9-19-17(12-18)8-7-14(11-17)21-16-10-13-5-3-4-6-15(13)20-16/h3-6,10,14,19-20H,2,7-9,11H2,1H3. The molecule has 2 aromatic rings. The molecule has 0 radical (unpaired) electrons. The predicted octanol–water partition coefficient (Wildman–Crippen LogP) is 4.07. The highest BCUT2D eigenvalue weighted by Gasteiger charge is 2.39. The van der Waals surface area contributed by atoms with Gasteiger partial charge in [-0.05, 0) is 44.4 Å². The number of nitrogens with one attached hydrogen (secondary N) is 2. The smallest absolute Gasteiger partial charge is 0.107 e. The molecule has 0 aliphatic heterocycles. The molecule has 1 aliphatic carbocycles. The molecule has 21 heavy (non-hydrogen) atoms. The van der Waals surface area contributed by atoms with Crippen LogP contribution < -0.4 is 5.32 Å². The minimum atomic E-state index is -0.306. The van der Waals surface area contributed by atoms with Crippen molar-refractivity contribution < 1.29 is 0 Å². The fourth-order valence-electron chi connectivity index (χ4n) is 3.06. The molecule has 0 bridgehead atoms. The Hall–Kier alpha value is -1.44. The Bertz CT molecular complexity index is 624. The number of hydrogen-bond donors (Lipinski definition) is 2. The van der Waals surface area contributed by atoms with Gasteiger partial charge in [-0.25, -0.2) is 0 Å². The molecule has 0 amide bonds. The van der Waals surface area contributed by atoms with E-state index in [1.807, 2.05) is 11.8 Å². The second kappa shape index (κ2) is 6.13. The van der Waals surface area contributed by atoms with Crippen LogP contribution in [-0.4, -0.2) is 22.3 Å². The summed E-state index contributed by atoms with van der Waals surface area (Å²) < 4.78 is 0. The first-order chi connectivity index (χ1) is 10.2. The van der Waals surface area contributed by atoms with Crippen LogP contribution in [0.4, 0.5) is 0 Å². The summed E-state index contributed by atoms with van der Waals surface area (Å²) in [5, 5.41) is 16.0. The first-order valence-corrected chi connectivity index (χ1v) is 8.53. The van der Waals surface area contributed by atoms with Crippen LogP contribution in [0.3, 0.4) is 0 Å². The van der Waals surface area contributed by atoms with Gasteiger partial charge >= 0.3 is 0 Å². The third-order valence-electron chi connectivity index (χ3n) is 4.20. The number of benzene rings is 1. The van der Waals surface area contributed by atoms with E-state index in [1.54, 1.807) is 0 Å². The summed E-state index contributed by atoms with van der Waals surface area (Å²) in [5.74, 6) is 0. The van der Waals surface area contributed by atoms with Gasteiger partial charge in [-0.2, -0.15) is 5.26 Å². The van der Waals surface area contributed by atoms with Gasteiger partial charge in [0.15, 0.2) is 0 Å². The number of fused-ring (bicyclic) bond motifs is 1. The molecular weight excluding hydrogens is 278 g/mol. The first-order valence-electron chi connectivity index (χ1n) is 7.65. The lowest BCUT2D eigenvalue weighted by Gasteiger charge is -2.22. The lowest BCUT2D eigenvalue weighted by molar-refractivity contribution is 0.424. The Morgan fingerprint density at radius 2 is 2.33 bits per heavy atom. The number of nitrogens with zero attached hydrogens (tertiary/aromatic N) is 1. The number of para-hydroxylation sites is 1. The van der Waals surface area contributed by atoms with E-state index in [2.05, 4.69) is 53.6 Å². The minimum Gasteiger partial charge on any atom is -0.350 e. The number of aromatic nitrogens is 1. The van der Waals surface area contributed by atoms with Crippen molar-refractivity contribution in [1.82, 2.24) is 10.3 Å². The number of nitriles is 1. The number of aromatic amines is 1. The van der Waals surface area contributed by atoms with Crippen molar-refractivity contribution >= 4 is 22.7 Å². The molecule has 1 saturated carbocycles. The van der Waals surface area contributed by atoms with Crippen LogP contribution in [0.2, 0.25) is 0 Å². The second-order valence-corrected chi connectivity index (χ2v) is 7.17. The van der Waals surface area contributed by atoms with Gasteiger partial charge in [0.2, 0.25) is 0 Å². The average molecular weight is 299 g/mol. The van der Waals surface area contributed by atoms with Crippen LogP contribution in [0.1, 0.15) is 32.6 Å². The molecule has 2 unspecified atom stereocenters. The van der Waals surface area contributed by atoms with E-state index in [9.17, 15) is 5.26 Å². The summed E-state index contributed by atoms with van der Waals surface area (Å²) in [4.78, 5) is 3.47. The topological polar surface area (TPSA) is 51.6 Å². The number of rotatable bonds is 5. The van der Waals surface area contributed by atoms with Crippen LogP contribution in [0, 0.1) is 11.3 Å². The monoisotopic (exact) mass is 299 g/mol.